The van der Waals surface area contributed by atoms with E-state index in [-0.39, 0.29) is 0 Å². The predicted octanol–water partition coefficient (Wildman–Crippen LogP) is 5.04. The Morgan fingerprint density at radius 3 is 2.52 bits per heavy atom. The molecule has 0 radical (unpaired) electrons. The van der Waals surface area contributed by atoms with E-state index in [0.29, 0.717) is 5.69 Å². The lowest BCUT2D eigenvalue weighted by Gasteiger charge is -2.16. The van der Waals surface area contributed by atoms with Crippen molar-refractivity contribution in [1.82, 2.24) is 9.97 Å². The Morgan fingerprint density at radius 2 is 1.74 bits per heavy atom. The van der Waals surface area contributed by atoms with E-state index in [1.54, 1.807) is 12.3 Å². The summed E-state index contributed by atoms with van der Waals surface area (Å²) >= 11 is 1.53. The zero-order chi connectivity index (χ0) is 18.5. The SMILES string of the molecule is O=C(/C=C/c1nc2ccccc2s1)OC(c1ccccc1)c1ccccn1. The maximum atomic E-state index is 12.4. The number of rotatable bonds is 5. The van der Waals surface area contributed by atoms with Crippen molar-refractivity contribution in [3.05, 3.63) is 101 Å². The fourth-order valence-electron chi connectivity index (χ4n) is 2.71. The second-order valence-corrected chi connectivity index (χ2v) is 6.90. The third-order valence-electron chi connectivity index (χ3n) is 3.97. The number of thiazole rings is 1. The molecule has 5 heteroatoms. The Bertz CT molecular complexity index is 1000. The van der Waals surface area contributed by atoms with Gasteiger partial charge in [-0.15, -0.1) is 11.3 Å². The zero-order valence-corrected chi connectivity index (χ0v) is 15.2. The molecule has 0 saturated carbocycles. The largest absolute Gasteiger partial charge is 0.448 e. The second kappa shape index (κ2) is 7.93. The van der Waals surface area contributed by atoms with Crippen molar-refractivity contribution in [3.63, 3.8) is 0 Å². The summed E-state index contributed by atoms with van der Waals surface area (Å²) in [6, 6.07) is 23.0. The van der Waals surface area contributed by atoms with Gasteiger partial charge in [0.15, 0.2) is 6.10 Å². The van der Waals surface area contributed by atoms with Crippen LogP contribution in [-0.2, 0) is 9.53 Å². The van der Waals surface area contributed by atoms with Crippen LogP contribution in [0.3, 0.4) is 0 Å². The average Bonchev–Trinajstić information content (AvgIpc) is 3.15. The Labute approximate surface area is 160 Å². The summed E-state index contributed by atoms with van der Waals surface area (Å²) in [6.45, 7) is 0. The van der Waals surface area contributed by atoms with Crippen molar-refractivity contribution in [1.29, 1.82) is 0 Å². The molecule has 0 fully saturated rings. The van der Waals surface area contributed by atoms with Crippen LogP contribution in [-0.4, -0.2) is 15.9 Å². The van der Waals surface area contributed by atoms with Crippen LogP contribution in [0.5, 0.6) is 0 Å². The standard InChI is InChI=1S/C22H16N2O2S/c25-21(14-13-20-24-17-10-4-5-12-19(17)27-20)26-22(16-8-2-1-3-9-16)18-11-6-7-15-23-18/h1-15,22H/b14-13+. The molecular formula is C22H16N2O2S. The molecule has 27 heavy (non-hydrogen) atoms. The molecule has 0 aliphatic carbocycles. The molecule has 0 bridgehead atoms. The minimum absolute atomic E-state index is 0.436. The third kappa shape index (κ3) is 4.10. The highest BCUT2D eigenvalue weighted by molar-refractivity contribution is 7.19. The predicted molar refractivity (Wildman–Crippen MR) is 107 cm³/mol. The maximum Gasteiger partial charge on any atom is 0.331 e. The Morgan fingerprint density at radius 1 is 0.963 bits per heavy atom. The Balaban J connectivity index is 1.54. The Hall–Kier alpha value is -3.31. The molecule has 132 valence electrons. The molecule has 4 rings (SSSR count). The fourth-order valence-corrected chi connectivity index (χ4v) is 3.58. The summed E-state index contributed by atoms with van der Waals surface area (Å²) in [7, 11) is 0. The van der Waals surface area contributed by atoms with E-state index in [2.05, 4.69) is 9.97 Å². The molecule has 2 aromatic heterocycles. The number of fused-ring (bicyclic) bond motifs is 1. The van der Waals surface area contributed by atoms with Crippen LogP contribution in [0, 0.1) is 0 Å². The molecular weight excluding hydrogens is 356 g/mol. The summed E-state index contributed by atoms with van der Waals surface area (Å²) in [5, 5.41) is 0.766. The first-order valence-corrected chi connectivity index (χ1v) is 9.31. The highest BCUT2D eigenvalue weighted by atomic mass is 32.1. The molecule has 1 atom stereocenters. The van der Waals surface area contributed by atoms with Crippen LogP contribution in [0.2, 0.25) is 0 Å². The van der Waals surface area contributed by atoms with Crippen molar-refractivity contribution >= 4 is 33.6 Å². The molecule has 0 amide bonds. The van der Waals surface area contributed by atoms with Gasteiger partial charge in [0, 0.05) is 12.3 Å². The maximum absolute atomic E-state index is 12.4. The van der Waals surface area contributed by atoms with E-state index < -0.39 is 12.1 Å². The number of hydrogen-bond donors (Lipinski definition) is 0. The molecule has 2 heterocycles. The molecule has 4 aromatic rings. The summed E-state index contributed by atoms with van der Waals surface area (Å²) in [6.07, 6.45) is 4.24. The molecule has 4 nitrogen and oxygen atoms in total. The van der Waals surface area contributed by atoms with Gasteiger partial charge in [-0.25, -0.2) is 9.78 Å². The topological polar surface area (TPSA) is 52.1 Å². The van der Waals surface area contributed by atoms with Crippen LogP contribution in [0.15, 0.2) is 85.1 Å². The molecule has 2 aromatic carbocycles. The molecule has 0 aliphatic heterocycles. The highest BCUT2D eigenvalue weighted by Crippen LogP contribution is 2.25. The number of benzene rings is 2. The van der Waals surface area contributed by atoms with Crippen LogP contribution < -0.4 is 0 Å². The number of ether oxygens (including phenoxy) is 1. The van der Waals surface area contributed by atoms with Crippen LogP contribution in [0.25, 0.3) is 16.3 Å². The van der Waals surface area contributed by atoms with Crippen molar-refractivity contribution in [3.8, 4) is 0 Å². The number of esters is 1. The van der Waals surface area contributed by atoms with E-state index in [9.17, 15) is 4.79 Å². The van der Waals surface area contributed by atoms with Gasteiger partial charge in [0.2, 0.25) is 0 Å². The van der Waals surface area contributed by atoms with Gasteiger partial charge < -0.3 is 4.74 Å². The number of carbonyl (C=O) groups is 1. The van der Waals surface area contributed by atoms with Crippen molar-refractivity contribution < 1.29 is 9.53 Å². The summed E-state index contributed by atoms with van der Waals surface area (Å²) in [4.78, 5) is 21.3. The van der Waals surface area contributed by atoms with E-state index in [1.165, 1.54) is 17.4 Å². The van der Waals surface area contributed by atoms with E-state index >= 15 is 0 Å². The number of carbonyl (C=O) groups excluding carboxylic acids is 1. The molecule has 0 spiro atoms. The molecule has 1 unspecified atom stereocenters. The first-order chi connectivity index (χ1) is 13.3. The van der Waals surface area contributed by atoms with E-state index in [4.69, 9.17) is 4.74 Å². The van der Waals surface area contributed by atoms with E-state index in [0.717, 1.165) is 20.8 Å². The number of pyridine rings is 1. The van der Waals surface area contributed by atoms with Crippen molar-refractivity contribution in [2.75, 3.05) is 0 Å². The van der Waals surface area contributed by atoms with Gasteiger partial charge in [-0.05, 0) is 35.9 Å². The van der Waals surface area contributed by atoms with Gasteiger partial charge in [-0.1, -0.05) is 48.5 Å². The number of aromatic nitrogens is 2. The summed E-state index contributed by atoms with van der Waals surface area (Å²) < 4.78 is 6.79. The van der Waals surface area contributed by atoms with Gasteiger partial charge in [-0.3, -0.25) is 4.98 Å². The molecule has 0 saturated heterocycles. The van der Waals surface area contributed by atoms with Gasteiger partial charge in [0.1, 0.15) is 5.01 Å². The van der Waals surface area contributed by atoms with Gasteiger partial charge >= 0.3 is 5.97 Å². The van der Waals surface area contributed by atoms with Crippen molar-refractivity contribution in [2.24, 2.45) is 0 Å². The second-order valence-electron chi connectivity index (χ2n) is 5.84. The van der Waals surface area contributed by atoms with Gasteiger partial charge in [-0.2, -0.15) is 0 Å². The lowest BCUT2D eigenvalue weighted by Crippen LogP contribution is -2.12. The van der Waals surface area contributed by atoms with Crippen LogP contribution in [0.1, 0.15) is 22.4 Å². The minimum Gasteiger partial charge on any atom is -0.448 e. The van der Waals surface area contributed by atoms with Crippen LogP contribution >= 0.6 is 11.3 Å². The average molecular weight is 372 g/mol. The normalized spacial score (nSPS) is 12.3. The molecule has 0 aliphatic rings. The first kappa shape index (κ1) is 17.1. The monoisotopic (exact) mass is 372 g/mol. The third-order valence-corrected chi connectivity index (χ3v) is 4.97. The highest BCUT2D eigenvalue weighted by Gasteiger charge is 2.18. The number of para-hydroxylation sites is 1. The van der Waals surface area contributed by atoms with Crippen LogP contribution in [0.4, 0.5) is 0 Å². The zero-order valence-electron chi connectivity index (χ0n) is 14.4. The first-order valence-electron chi connectivity index (χ1n) is 8.50. The molecule has 0 N–H and O–H groups in total. The quantitative estimate of drug-likeness (QED) is 0.364. The fraction of sp³-hybridized carbons (Fsp3) is 0.0455. The van der Waals surface area contributed by atoms with Crippen molar-refractivity contribution in [2.45, 2.75) is 6.10 Å². The summed E-state index contributed by atoms with van der Waals surface area (Å²) in [5.74, 6) is -0.436. The van der Waals surface area contributed by atoms with E-state index in [1.807, 2.05) is 72.8 Å². The lowest BCUT2D eigenvalue weighted by atomic mass is 10.1. The van der Waals surface area contributed by atoms with Gasteiger partial charge in [0.05, 0.1) is 15.9 Å². The lowest BCUT2D eigenvalue weighted by molar-refractivity contribution is -0.141. The summed E-state index contributed by atoms with van der Waals surface area (Å²) in [5.41, 5.74) is 2.48. The minimum atomic E-state index is -0.556. The van der Waals surface area contributed by atoms with Gasteiger partial charge in [0.25, 0.3) is 0 Å². The Kier molecular flexibility index (Phi) is 5.03. The number of hydrogen-bond acceptors (Lipinski definition) is 5. The number of nitrogens with zero attached hydrogens (tertiary/aromatic N) is 2. The smallest absolute Gasteiger partial charge is 0.331 e.